The lowest BCUT2D eigenvalue weighted by Crippen LogP contribution is -2.11. The second-order valence-electron chi connectivity index (χ2n) is 12.0. The second-order valence-corrected chi connectivity index (χ2v) is 14.0. The van der Waals surface area contributed by atoms with E-state index in [0.29, 0.717) is 18.5 Å². The summed E-state index contributed by atoms with van der Waals surface area (Å²) in [6, 6.07) is 9.56. The SMILES string of the molecule is CCCCCCCCCCCCCCCOP(=O)(OCCCCCCCCCCCCCCC)c1ccccc1. The molecule has 0 heterocycles. The third kappa shape index (κ3) is 22.0. The normalized spacial score (nSPS) is 11.8. The monoisotopic (exact) mass is 578 g/mol. The third-order valence-electron chi connectivity index (χ3n) is 8.09. The molecule has 3 nitrogen and oxygen atoms in total. The maximum atomic E-state index is 13.6. The number of hydrogen-bond donors (Lipinski definition) is 0. The van der Waals surface area contributed by atoms with Crippen molar-refractivity contribution in [3.8, 4) is 0 Å². The minimum Gasteiger partial charge on any atom is -0.305 e. The quantitative estimate of drug-likeness (QED) is 0.0649. The smallest absolute Gasteiger partial charge is 0.305 e. The Hall–Kier alpha value is -0.630. The van der Waals surface area contributed by atoms with E-state index in [1.807, 2.05) is 30.3 Å². The van der Waals surface area contributed by atoms with Gasteiger partial charge in [-0.1, -0.05) is 186 Å². The Balaban J connectivity index is 2.08. The largest absolute Gasteiger partial charge is 0.361 e. The van der Waals surface area contributed by atoms with Crippen molar-refractivity contribution in [2.24, 2.45) is 0 Å². The standard InChI is InChI=1S/C36H67O3P/c1-3-5-7-9-11-13-15-17-19-21-23-25-30-34-38-40(37,36-32-28-27-29-33-36)39-35-31-26-24-22-20-18-16-14-12-10-8-6-4-2/h27-29,32-33H,3-26,30-31,34-35H2,1-2H3. The van der Waals surface area contributed by atoms with E-state index in [4.69, 9.17) is 9.05 Å². The number of unbranched alkanes of at least 4 members (excludes halogenated alkanes) is 24. The zero-order chi connectivity index (χ0) is 28.8. The fraction of sp³-hybridized carbons (Fsp3) is 0.833. The minimum absolute atomic E-state index is 0.516. The second kappa shape index (κ2) is 28.5. The van der Waals surface area contributed by atoms with Crippen molar-refractivity contribution in [1.82, 2.24) is 0 Å². The summed E-state index contributed by atoms with van der Waals surface area (Å²) in [5, 5.41) is 0.694. The van der Waals surface area contributed by atoms with Crippen LogP contribution in [0.2, 0.25) is 0 Å². The van der Waals surface area contributed by atoms with Crippen LogP contribution in [0.4, 0.5) is 0 Å². The molecule has 0 atom stereocenters. The van der Waals surface area contributed by atoms with E-state index in [1.165, 1.54) is 141 Å². The van der Waals surface area contributed by atoms with Gasteiger partial charge in [-0.15, -0.1) is 0 Å². The Bertz CT molecular complexity index is 642. The predicted molar refractivity (Wildman–Crippen MR) is 177 cm³/mol. The molecule has 0 fully saturated rings. The van der Waals surface area contributed by atoms with Crippen LogP contribution in [0.15, 0.2) is 30.3 Å². The van der Waals surface area contributed by atoms with Crippen LogP contribution in [0, 0.1) is 0 Å². The lowest BCUT2D eigenvalue weighted by molar-refractivity contribution is 0.206. The molecule has 0 aromatic heterocycles. The van der Waals surface area contributed by atoms with Gasteiger partial charge in [0.2, 0.25) is 0 Å². The molecule has 1 aromatic carbocycles. The van der Waals surface area contributed by atoms with Crippen molar-refractivity contribution in [1.29, 1.82) is 0 Å². The average molecular weight is 579 g/mol. The maximum Gasteiger partial charge on any atom is 0.361 e. The van der Waals surface area contributed by atoms with Gasteiger partial charge < -0.3 is 9.05 Å². The van der Waals surface area contributed by atoms with Crippen LogP contribution in [-0.4, -0.2) is 13.2 Å². The van der Waals surface area contributed by atoms with Crippen LogP contribution < -0.4 is 5.30 Å². The Morgan fingerprint density at radius 2 is 0.700 bits per heavy atom. The molecule has 4 heteroatoms. The molecule has 0 unspecified atom stereocenters. The van der Waals surface area contributed by atoms with Gasteiger partial charge in [-0.25, -0.2) is 0 Å². The minimum atomic E-state index is -3.24. The summed E-state index contributed by atoms with van der Waals surface area (Å²) in [6.45, 7) is 5.60. The number of rotatable bonds is 31. The first-order valence-corrected chi connectivity index (χ1v) is 19.2. The van der Waals surface area contributed by atoms with Gasteiger partial charge >= 0.3 is 7.60 Å². The lowest BCUT2D eigenvalue weighted by Gasteiger charge is -2.19. The first-order chi connectivity index (χ1) is 19.7. The van der Waals surface area contributed by atoms with E-state index in [9.17, 15) is 4.57 Å². The summed E-state index contributed by atoms with van der Waals surface area (Å²) in [4.78, 5) is 0. The lowest BCUT2D eigenvalue weighted by atomic mass is 10.0. The first-order valence-electron chi connectivity index (χ1n) is 17.7. The fourth-order valence-corrected chi connectivity index (χ4v) is 7.05. The van der Waals surface area contributed by atoms with Crippen LogP contribution in [-0.2, 0) is 13.6 Å². The summed E-state index contributed by atoms with van der Waals surface area (Å²) in [7, 11) is -3.24. The number of hydrogen-bond acceptors (Lipinski definition) is 3. The Kier molecular flexibility index (Phi) is 26.6. The molecule has 0 saturated carbocycles. The van der Waals surface area contributed by atoms with Crippen LogP contribution in [0.5, 0.6) is 0 Å². The predicted octanol–water partition coefficient (Wildman–Crippen LogP) is 12.7. The van der Waals surface area contributed by atoms with E-state index in [-0.39, 0.29) is 0 Å². The van der Waals surface area contributed by atoms with E-state index < -0.39 is 7.60 Å². The van der Waals surface area contributed by atoms with Crippen molar-refractivity contribution < 1.29 is 13.6 Å². The van der Waals surface area contributed by atoms with Crippen LogP contribution in [0.25, 0.3) is 0 Å². The molecular formula is C36H67O3P. The summed E-state index contributed by atoms with van der Waals surface area (Å²) < 4.78 is 25.5. The Morgan fingerprint density at radius 1 is 0.425 bits per heavy atom. The summed E-state index contributed by atoms with van der Waals surface area (Å²) >= 11 is 0. The Labute approximate surface area is 250 Å². The van der Waals surface area contributed by atoms with Crippen molar-refractivity contribution in [3.05, 3.63) is 30.3 Å². The van der Waals surface area contributed by atoms with Crippen molar-refractivity contribution in [3.63, 3.8) is 0 Å². The summed E-state index contributed by atoms with van der Waals surface area (Å²) in [5.41, 5.74) is 0. The molecule has 0 spiro atoms. The highest BCUT2D eigenvalue weighted by molar-refractivity contribution is 7.62. The van der Waals surface area contributed by atoms with Crippen LogP contribution >= 0.6 is 7.60 Å². The van der Waals surface area contributed by atoms with E-state index in [0.717, 1.165) is 25.7 Å². The van der Waals surface area contributed by atoms with Gasteiger partial charge in [-0.05, 0) is 25.0 Å². The molecule has 0 amide bonds. The molecule has 234 valence electrons. The molecule has 0 radical (unpaired) electrons. The van der Waals surface area contributed by atoms with E-state index in [1.54, 1.807) is 0 Å². The van der Waals surface area contributed by atoms with Gasteiger partial charge in [0.15, 0.2) is 0 Å². The molecular weight excluding hydrogens is 511 g/mol. The average Bonchev–Trinajstić information content (AvgIpc) is 2.98. The highest BCUT2D eigenvalue weighted by atomic mass is 31.2. The van der Waals surface area contributed by atoms with Gasteiger partial charge in [0.1, 0.15) is 0 Å². The molecule has 1 aromatic rings. The molecule has 0 aliphatic carbocycles. The highest BCUT2D eigenvalue weighted by Gasteiger charge is 2.27. The zero-order valence-electron chi connectivity index (χ0n) is 26.9. The topological polar surface area (TPSA) is 35.5 Å². The van der Waals surface area contributed by atoms with Gasteiger partial charge in [0.05, 0.1) is 18.5 Å². The zero-order valence-corrected chi connectivity index (χ0v) is 27.8. The third-order valence-corrected chi connectivity index (χ3v) is 10.1. The maximum absolute atomic E-state index is 13.6. The molecule has 0 saturated heterocycles. The molecule has 1 rings (SSSR count). The van der Waals surface area contributed by atoms with Crippen LogP contribution in [0.3, 0.4) is 0 Å². The fourth-order valence-electron chi connectivity index (χ4n) is 5.41. The van der Waals surface area contributed by atoms with Crippen molar-refractivity contribution in [2.45, 2.75) is 181 Å². The van der Waals surface area contributed by atoms with Gasteiger partial charge in [-0.2, -0.15) is 0 Å². The highest BCUT2D eigenvalue weighted by Crippen LogP contribution is 2.47. The summed E-state index contributed by atoms with van der Waals surface area (Å²) in [5.74, 6) is 0. The van der Waals surface area contributed by atoms with E-state index in [2.05, 4.69) is 13.8 Å². The molecule has 0 N–H and O–H groups in total. The molecule has 40 heavy (non-hydrogen) atoms. The van der Waals surface area contributed by atoms with Crippen molar-refractivity contribution in [2.75, 3.05) is 13.2 Å². The van der Waals surface area contributed by atoms with Gasteiger partial charge in [0, 0.05) is 0 Å². The van der Waals surface area contributed by atoms with E-state index >= 15 is 0 Å². The Morgan fingerprint density at radius 3 is 1.00 bits per heavy atom. The first kappa shape index (κ1) is 37.4. The van der Waals surface area contributed by atoms with Crippen LogP contribution in [0.1, 0.15) is 181 Å². The summed E-state index contributed by atoms with van der Waals surface area (Å²) in [6.07, 6.45) is 34.3. The van der Waals surface area contributed by atoms with Gasteiger partial charge in [-0.3, -0.25) is 4.57 Å². The van der Waals surface area contributed by atoms with Crippen molar-refractivity contribution >= 4 is 12.9 Å². The molecule has 0 aliphatic heterocycles. The molecule has 0 bridgehead atoms. The molecule has 0 aliphatic rings. The number of benzene rings is 1. The van der Waals surface area contributed by atoms with Gasteiger partial charge in [0.25, 0.3) is 0 Å².